The van der Waals surface area contributed by atoms with Crippen molar-refractivity contribution >= 4 is 22.6 Å². The average molecular weight is 295 g/mol. The van der Waals surface area contributed by atoms with Crippen LogP contribution in [0.4, 0.5) is 5.82 Å². The number of hydrogen-bond acceptors (Lipinski definition) is 4. The van der Waals surface area contributed by atoms with Crippen molar-refractivity contribution in [1.29, 1.82) is 0 Å². The van der Waals surface area contributed by atoms with Gasteiger partial charge < -0.3 is 15.1 Å². The molecule has 3 rings (SSSR count). The van der Waals surface area contributed by atoms with Crippen LogP contribution < -0.4 is 10.6 Å². The van der Waals surface area contributed by atoms with Gasteiger partial charge in [-0.3, -0.25) is 4.79 Å². The molecule has 0 bridgehead atoms. The van der Waals surface area contributed by atoms with Crippen LogP contribution in [0.15, 0.2) is 53.1 Å². The molecule has 22 heavy (non-hydrogen) atoms. The second kappa shape index (κ2) is 6.30. The number of amides is 1. The van der Waals surface area contributed by atoms with Gasteiger partial charge in [0.15, 0.2) is 0 Å². The Bertz CT molecular complexity index is 782. The SMILES string of the molecule is Cc1cc(NCC(=O)NCc2ccco2)nc2ccccc12. The molecule has 0 radical (unpaired) electrons. The first kappa shape index (κ1) is 14.1. The van der Waals surface area contributed by atoms with E-state index in [2.05, 4.69) is 15.6 Å². The Morgan fingerprint density at radius 2 is 2.09 bits per heavy atom. The fraction of sp³-hybridized carbons (Fsp3) is 0.176. The van der Waals surface area contributed by atoms with Crippen LogP contribution in [0.5, 0.6) is 0 Å². The number of rotatable bonds is 5. The van der Waals surface area contributed by atoms with E-state index in [9.17, 15) is 4.79 Å². The van der Waals surface area contributed by atoms with Gasteiger partial charge in [0.25, 0.3) is 0 Å². The van der Waals surface area contributed by atoms with Crippen LogP contribution in [-0.4, -0.2) is 17.4 Å². The molecule has 0 saturated heterocycles. The maximum atomic E-state index is 11.8. The van der Waals surface area contributed by atoms with E-state index in [0.29, 0.717) is 12.4 Å². The molecule has 112 valence electrons. The van der Waals surface area contributed by atoms with Crippen molar-refractivity contribution in [3.05, 3.63) is 60.1 Å². The minimum atomic E-state index is -0.107. The van der Waals surface area contributed by atoms with Crippen molar-refractivity contribution in [3.8, 4) is 0 Å². The van der Waals surface area contributed by atoms with Gasteiger partial charge in [-0.05, 0) is 36.8 Å². The van der Waals surface area contributed by atoms with Crippen LogP contribution in [0.2, 0.25) is 0 Å². The monoisotopic (exact) mass is 295 g/mol. The minimum absolute atomic E-state index is 0.107. The summed E-state index contributed by atoms with van der Waals surface area (Å²) >= 11 is 0. The zero-order valence-corrected chi connectivity index (χ0v) is 12.3. The van der Waals surface area contributed by atoms with E-state index in [1.54, 1.807) is 12.3 Å². The highest BCUT2D eigenvalue weighted by molar-refractivity contribution is 5.85. The van der Waals surface area contributed by atoms with Crippen molar-refractivity contribution in [2.45, 2.75) is 13.5 Å². The summed E-state index contributed by atoms with van der Waals surface area (Å²) in [6, 6.07) is 13.5. The van der Waals surface area contributed by atoms with Crippen molar-refractivity contribution in [1.82, 2.24) is 10.3 Å². The third-order valence-electron chi connectivity index (χ3n) is 3.39. The summed E-state index contributed by atoms with van der Waals surface area (Å²) in [5, 5.41) is 6.96. The highest BCUT2D eigenvalue weighted by Gasteiger charge is 2.05. The van der Waals surface area contributed by atoms with Crippen molar-refractivity contribution < 1.29 is 9.21 Å². The highest BCUT2D eigenvalue weighted by atomic mass is 16.3. The molecule has 2 N–H and O–H groups in total. The maximum absolute atomic E-state index is 11.8. The van der Waals surface area contributed by atoms with Gasteiger partial charge in [-0.2, -0.15) is 0 Å². The predicted octanol–water partition coefficient (Wildman–Crippen LogP) is 2.86. The number of aryl methyl sites for hydroxylation is 1. The number of nitrogens with one attached hydrogen (secondary N) is 2. The Balaban J connectivity index is 1.60. The first-order valence-electron chi connectivity index (χ1n) is 7.12. The first-order chi connectivity index (χ1) is 10.7. The van der Waals surface area contributed by atoms with Gasteiger partial charge in [0.05, 0.1) is 24.9 Å². The number of pyridine rings is 1. The van der Waals surface area contributed by atoms with Gasteiger partial charge in [0.2, 0.25) is 5.91 Å². The Hall–Kier alpha value is -2.82. The fourth-order valence-corrected chi connectivity index (χ4v) is 2.27. The van der Waals surface area contributed by atoms with Gasteiger partial charge in [0, 0.05) is 5.39 Å². The Morgan fingerprint density at radius 3 is 2.91 bits per heavy atom. The summed E-state index contributed by atoms with van der Waals surface area (Å²) < 4.78 is 5.16. The Morgan fingerprint density at radius 1 is 1.23 bits per heavy atom. The lowest BCUT2D eigenvalue weighted by Gasteiger charge is -2.09. The molecule has 3 aromatic rings. The van der Waals surface area contributed by atoms with E-state index in [1.165, 1.54) is 0 Å². The summed E-state index contributed by atoms with van der Waals surface area (Å²) in [5.74, 6) is 1.32. The number of carbonyl (C=O) groups is 1. The summed E-state index contributed by atoms with van der Waals surface area (Å²) in [4.78, 5) is 16.3. The lowest BCUT2D eigenvalue weighted by molar-refractivity contribution is -0.119. The van der Waals surface area contributed by atoms with E-state index in [1.807, 2.05) is 43.3 Å². The molecule has 0 saturated carbocycles. The summed E-state index contributed by atoms with van der Waals surface area (Å²) in [6.07, 6.45) is 1.58. The molecule has 0 aliphatic rings. The number of hydrogen-bond donors (Lipinski definition) is 2. The molecule has 1 amide bonds. The van der Waals surface area contributed by atoms with Crippen molar-refractivity contribution in [3.63, 3.8) is 0 Å². The van der Waals surface area contributed by atoms with Crippen molar-refractivity contribution in [2.75, 3.05) is 11.9 Å². The normalized spacial score (nSPS) is 10.6. The molecule has 0 aliphatic heterocycles. The number of furan rings is 1. The number of nitrogens with zero attached hydrogens (tertiary/aromatic N) is 1. The molecule has 0 fully saturated rings. The average Bonchev–Trinajstić information content (AvgIpc) is 3.04. The van der Waals surface area contributed by atoms with Crippen LogP contribution in [0.3, 0.4) is 0 Å². The number of carbonyl (C=O) groups excluding carboxylic acids is 1. The minimum Gasteiger partial charge on any atom is -0.467 e. The third-order valence-corrected chi connectivity index (χ3v) is 3.39. The number of para-hydroxylation sites is 1. The van der Waals surface area contributed by atoms with Crippen LogP contribution >= 0.6 is 0 Å². The molecule has 5 heteroatoms. The Labute approximate surface area is 128 Å². The second-order valence-electron chi connectivity index (χ2n) is 5.05. The molecule has 0 spiro atoms. The van der Waals surface area contributed by atoms with Gasteiger partial charge in [-0.1, -0.05) is 18.2 Å². The predicted molar refractivity (Wildman–Crippen MR) is 85.5 cm³/mol. The van der Waals surface area contributed by atoms with E-state index in [-0.39, 0.29) is 12.5 Å². The zero-order chi connectivity index (χ0) is 15.4. The highest BCUT2D eigenvalue weighted by Crippen LogP contribution is 2.19. The van der Waals surface area contributed by atoms with Crippen LogP contribution in [0.25, 0.3) is 10.9 Å². The third kappa shape index (κ3) is 3.25. The lowest BCUT2D eigenvalue weighted by atomic mass is 10.1. The summed E-state index contributed by atoms with van der Waals surface area (Å²) in [5.41, 5.74) is 2.05. The molecule has 0 atom stereocenters. The lowest BCUT2D eigenvalue weighted by Crippen LogP contribution is -2.29. The van der Waals surface area contributed by atoms with E-state index in [0.717, 1.165) is 22.2 Å². The number of fused-ring (bicyclic) bond motifs is 1. The van der Waals surface area contributed by atoms with E-state index in [4.69, 9.17) is 4.42 Å². The first-order valence-corrected chi connectivity index (χ1v) is 7.12. The van der Waals surface area contributed by atoms with E-state index >= 15 is 0 Å². The molecular formula is C17H17N3O2. The fourth-order valence-electron chi connectivity index (χ4n) is 2.27. The van der Waals surface area contributed by atoms with Crippen LogP contribution in [-0.2, 0) is 11.3 Å². The molecule has 5 nitrogen and oxygen atoms in total. The number of benzene rings is 1. The smallest absolute Gasteiger partial charge is 0.239 e. The molecule has 2 aromatic heterocycles. The molecule has 2 heterocycles. The van der Waals surface area contributed by atoms with Gasteiger partial charge in [0.1, 0.15) is 11.6 Å². The van der Waals surface area contributed by atoms with Crippen molar-refractivity contribution in [2.24, 2.45) is 0 Å². The Kier molecular flexibility index (Phi) is 4.05. The van der Waals surface area contributed by atoms with Crippen LogP contribution in [0.1, 0.15) is 11.3 Å². The summed E-state index contributed by atoms with van der Waals surface area (Å²) in [6.45, 7) is 2.59. The van der Waals surface area contributed by atoms with Gasteiger partial charge in [-0.15, -0.1) is 0 Å². The molecular weight excluding hydrogens is 278 g/mol. The van der Waals surface area contributed by atoms with E-state index < -0.39 is 0 Å². The standard InChI is InChI=1S/C17H17N3O2/c1-12-9-16(20-15-7-3-2-6-14(12)15)18-11-17(21)19-10-13-5-4-8-22-13/h2-9H,10-11H2,1H3,(H,18,20)(H,19,21). The topological polar surface area (TPSA) is 67.2 Å². The molecule has 1 aromatic carbocycles. The molecule has 0 aliphatic carbocycles. The number of anilines is 1. The summed E-state index contributed by atoms with van der Waals surface area (Å²) in [7, 11) is 0. The largest absolute Gasteiger partial charge is 0.467 e. The maximum Gasteiger partial charge on any atom is 0.239 e. The van der Waals surface area contributed by atoms with Gasteiger partial charge in [-0.25, -0.2) is 4.98 Å². The molecule has 0 unspecified atom stereocenters. The number of aromatic nitrogens is 1. The second-order valence-corrected chi connectivity index (χ2v) is 5.05. The van der Waals surface area contributed by atoms with Crippen LogP contribution in [0, 0.1) is 6.92 Å². The zero-order valence-electron chi connectivity index (χ0n) is 12.3. The quantitative estimate of drug-likeness (QED) is 0.759. The van der Waals surface area contributed by atoms with Gasteiger partial charge >= 0.3 is 0 Å².